The molecule has 0 unspecified atom stereocenters. The van der Waals surface area contributed by atoms with Crippen molar-refractivity contribution in [1.82, 2.24) is 4.98 Å². The van der Waals surface area contributed by atoms with Crippen molar-refractivity contribution in [1.29, 1.82) is 0 Å². The third kappa shape index (κ3) is 2.68. The number of rotatable bonds is 2. The number of aromatic nitrogens is 1. The molecule has 2 N–H and O–H groups in total. The second-order valence-corrected chi connectivity index (χ2v) is 13.6. The second-order valence-electron chi connectivity index (χ2n) is 13.6. The summed E-state index contributed by atoms with van der Waals surface area (Å²) >= 11 is 0. The molecule has 3 heterocycles. The van der Waals surface area contributed by atoms with Gasteiger partial charge in [0.15, 0.2) is 17.7 Å². The van der Waals surface area contributed by atoms with Gasteiger partial charge in [0.05, 0.1) is 5.60 Å². The Morgan fingerprint density at radius 3 is 2.70 bits per heavy atom. The van der Waals surface area contributed by atoms with E-state index in [1.165, 1.54) is 33.3 Å². The quantitative estimate of drug-likeness (QED) is 0.508. The van der Waals surface area contributed by atoms with Gasteiger partial charge in [-0.15, -0.1) is 0 Å². The van der Waals surface area contributed by atoms with Crippen LogP contribution >= 0.6 is 0 Å². The fourth-order valence-corrected chi connectivity index (χ4v) is 9.06. The number of carbonyl (C=O) groups excluding carboxylic acids is 1. The van der Waals surface area contributed by atoms with E-state index in [1.54, 1.807) is 6.08 Å². The summed E-state index contributed by atoms with van der Waals surface area (Å²) in [6.45, 7) is 12.8. The van der Waals surface area contributed by atoms with E-state index in [0.717, 1.165) is 25.7 Å². The van der Waals surface area contributed by atoms with Crippen LogP contribution in [0.5, 0.6) is 0 Å². The van der Waals surface area contributed by atoms with Crippen LogP contribution in [0.2, 0.25) is 0 Å². The Kier molecular flexibility index (Phi) is 4.55. The Balaban J connectivity index is 1.39. The van der Waals surface area contributed by atoms with Gasteiger partial charge in [-0.1, -0.05) is 37.6 Å². The van der Waals surface area contributed by atoms with Crippen LogP contribution in [0.3, 0.4) is 0 Å². The summed E-state index contributed by atoms with van der Waals surface area (Å²) < 4.78 is 12.9. The summed E-state index contributed by atoms with van der Waals surface area (Å²) in [7, 11) is 0. The first-order chi connectivity index (χ1) is 17.4. The van der Waals surface area contributed by atoms with E-state index in [1.807, 2.05) is 13.8 Å². The average Bonchev–Trinajstić information content (AvgIpc) is 3.42. The zero-order chi connectivity index (χ0) is 26.2. The first-order valence-electron chi connectivity index (χ1n) is 14.0. The molecule has 1 spiro atoms. The SMILES string of the molecule is CC(C)=CCc1cccc2[nH]c3c(c12)C[C@@H]1CC[C@@]2(O)C4=CC(=O)[C@@H]5O[C@@]4(CC[C@]2(C)[C@@]31C)OC5(C)C. The third-order valence-electron chi connectivity index (χ3n) is 11.2. The molecule has 5 aliphatic rings. The smallest absolute Gasteiger partial charge is 0.195 e. The lowest BCUT2D eigenvalue weighted by Gasteiger charge is -2.65. The fraction of sp³-hybridized carbons (Fsp3) is 0.594. The van der Waals surface area contributed by atoms with Crippen LogP contribution in [-0.2, 0) is 32.5 Å². The maximum atomic E-state index is 13.2. The van der Waals surface area contributed by atoms with Crippen molar-refractivity contribution in [3.63, 3.8) is 0 Å². The monoisotopic (exact) mass is 501 g/mol. The number of hydrogen-bond acceptors (Lipinski definition) is 4. The molecule has 6 atom stereocenters. The standard InChI is InChI=1S/C32H39NO4/c1-18(2)10-11-19-8-7-9-22-25(19)21-16-20-12-13-31(35)24-17-23(34)27-28(3,4)37-32(24,36-27)15-14-29(31,5)30(20,6)26(21)33-22/h7-10,17,20,27,33,35H,11-16H2,1-6H3/t20-,27-,29+,30+,31+,32-/m0/s1. The maximum Gasteiger partial charge on any atom is 0.195 e. The molecule has 2 bridgehead atoms. The molecule has 3 fully saturated rings. The van der Waals surface area contributed by atoms with Gasteiger partial charge >= 0.3 is 0 Å². The predicted octanol–water partition coefficient (Wildman–Crippen LogP) is 5.83. The Bertz CT molecular complexity index is 1430. The molecule has 1 aromatic carbocycles. The van der Waals surface area contributed by atoms with Crippen LogP contribution in [0.15, 0.2) is 41.5 Å². The Labute approximate surface area is 219 Å². The molecule has 5 nitrogen and oxygen atoms in total. The number of allylic oxidation sites excluding steroid dienone is 2. The first kappa shape index (κ1) is 23.9. The Morgan fingerprint density at radius 1 is 1.16 bits per heavy atom. The molecule has 37 heavy (non-hydrogen) atoms. The lowest BCUT2D eigenvalue weighted by atomic mass is 9.42. The molecule has 3 aliphatic carbocycles. The molecule has 0 amide bonds. The normalized spacial score (nSPS) is 41.1. The first-order valence-corrected chi connectivity index (χ1v) is 14.0. The van der Waals surface area contributed by atoms with Gasteiger partial charge in [-0.2, -0.15) is 0 Å². The summed E-state index contributed by atoms with van der Waals surface area (Å²) in [6, 6.07) is 6.60. The van der Waals surface area contributed by atoms with Gasteiger partial charge in [-0.25, -0.2) is 0 Å². The van der Waals surface area contributed by atoms with Crippen molar-refractivity contribution in [3.8, 4) is 0 Å². The number of benzene rings is 1. The van der Waals surface area contributed by atoms with Gasteiger partial charge in [-0.05, 0) is 89.0 Å². The highest BCUT2D eigenvalue weighted by Gasteiger charge is 2.75. The van der Waals surface area contributed by atoms with Crippen molar-refractivity contribution in [2.24, 2.45) is 11.3 Å². The summed E-state index contributed by atoms with van der Waals surface area (Å²) in [5, 5.41) is 14.1. The third-order valence-corrected chi connectivity index (χ3v) is 11.2. The van der Waals surface area contributed by atoms with E-state index >= 15 is 0 Å². The summed E-state index contributed by atoms with van der Waals surface area (Å²) in [5.74, 6) is -0.651. The van der Waals surface area contributed by atoms with E-state index < -0.39 is 28.5 Å². The highest BCUT2D eigenvalue weighted by atomic mass is 16.8. The molecule has 2 aliphatic heterocycles. The highest BCUT2D eigenvalue weighted by Crippen LogP contribution is 2.71. The molecule has 7 rings (SSSR count). The van der Waals surface area contributed by atoms with Gasteiger partial charge in [-0.3, -0.25) is 4.79 Å². The van der Waals surface area contributed by atoms with Crippen molar-refractivity contribution >= 4 is 16.7 Å². The molecule has 2 saturated carbocycles. The Morgan fingerprint density at radius 2 is 1.95 bits per heavy atom. The molecule has 2 aromatic rings. The maximum absolute atomic E-state index is 13.2. The van der Waals surface area contributed by atoms with Gasteiger partial charge in [0.1, 0.15) is 5.60 Å². The molecule has 1 aromatic heterocycles. The number of ether oxygens (including phenoxy) is 2. The highest BCUT2D eigenvalue weighted by molar-refractivity contribution is 5.97. The van der Waals surface area contributed by atoms with Gasteiger partial charge in [0.2, 0.25) is 0 Å². The minimum absolute atomic E-state index is 0.0836. The molecular weight excluding hydrogens is 462 g/mol. The molecule has 196 valence electrons. The van der Waals surface area contributed by atoms with Crippen LogP contribution in [0.4, 0.5) is 0 Å². The summed E-state index contributed by atoms with van der Waals surface area (Å²) in [4.78, 5) is 17.1. The van der Waals surface area contributed by atoms with Crippen molar-refractivity contribution in [3.05, 3.63) is 58.3 Å². The van der Waals surface area contributed by atoms with E-state index in [-0.39, 0.29) is 11.2 Å². The number of aromatic amines is 1. The molecule has 0 radical (unpaired) electrons. The average molecular weight is 502 g/mol. The zero-order valence-electron chi connectivity index (χ0n) is 23.0. The topological polar surface area (TPSA) is 71.5 Å². The number of H-pyrrole nitrogens is 1. The zero-order valence-corrected chi connectivity index (χ0v) is 23.0. The van der Waals surface area contributed by atoms with Crippen molar-refractivity contribution < 1.29 is 19.4 Å². The van der Waals surface area contributed by atoms with Crippen LogP contribution in [-0.4, -0.2) is 39.0 Å². The van der Waals surface area contributed by atoms with Gasteiger partial charge in [0.25, 0.3) is 0 Å². The number of ketones is 1. The fourth-order valence-electron chi connectivity index (χ4n) is 9.06. The van der Waals surface area contributed by atoms with E-state index in [4.69, 9.17) is 9.47 Å². The summed E-state index contributed by atoms with van der Waals surface area (Å²) in [6.07, 6.45) is 8.28. The lowest BCUT2D eigenvalue weighted by Crippen LogP contribution is -2.69. The van der Waals surface area contributed by atoms with Crippen molar-refractivity contribution in [2.75, 3.05) is 0 Å². The minimum Gasteiger partial charge on any atom is -0.385 e. The van der Waals surface area contributed by atoms with Crippen LogP contribution < -0.4 is 0 Å². The molecule has 5 heteroatoms. The Hall–Kier alpha value is -2.21. The van der Waals surface area contributed by atoms with E-state index in [2.05, 4.69) is 57.0 Å². The number of aliphatic hydroxyl groups is 1. The van der Waals surface area contributed by atoms with Crippen LogP contribution in [0.25, 0.3) is 10.9 Å². The summed E-state index contributed by atoms with van der Waals surface area (Å²) in [5.41, 5.74) is 4.62. The van der Waals surface area contributed by atoms with Gasteiger partial charge < -0.3 is 19.6 Å². The van der Waals surface area contributed by atoms with E-state index in [9.17, 15) is 9.90 Å². The number of fused-ring (bicyclic) bond motifs is 9. The predicted molar refractivity (Wildman–Crippen MR) is 143 cm³/mol. The minimum atomic E-state index is -1.18. The number of nitrogens with one attached hydrogen (secondary N) is 1. The largest absolute Gasteiger partial charge is 0.385 e. The molecular formula is C32H39NO4. The number of hydrogen-bond donors (Lipinski definition) is 2. The van der Waals surface area contributed by atoms with Gasteiger partial charge in [0, 0.05) is 39.4 Å². The van der Waals surface area contributed by atoms with Crippen LogP contribution in [0.1, 0.15) is 84.0 Å². The van der Waals surface area contributed by atoms with E-state index in [0.29, 0.717) is 24.3 Å². The molecule has 1 saturated heterocycles. The number of carbonyl (C=O) groups is 1. The lowest BCUT2D eigenvalue weighted by molar-refractivity contribution is -0.247. The van der Waals surface area contributed by atoms with Crippen molar-refractivity contribution in [2.45, 2.75) is 109 Å². The second kappa shape index (κ2) is 7.05. The van der Waals surface area contributed by atoms with Crippen LogP contribution in [0, 0.1) is 11.3 Å².